The Morgan fingerprint density at radius 3 is 2.95 bits per heavy atom. The van der Waals surface area contributed by atoms with Gasteiger partial charge in [0.15, 0.2) is 0 Å². The van der Waals surface area contributed by atoms with E-state index in [4.69, 9.17) is 4.74 Å². The maximum absolute atomic E-state index is 11.9. The first-order valence-corrected chi connectivity index (χ1v) is 8.23. The molecule has 1 aliphatic carbocycles. The van der Waals surface area contributed by atoms with Crippen molar-refractivity contribution in [2.75, 3.05) is 6.61 Å². The van der Waals surface area contributed by atoms with Crippen molar-refractivity contribution >= 4 is 33.3 Å². The number of hydrogen-bond acceptors (Lipinski definition) is 3. The molecule has 4 nitrogen and oxygen atoms in total. The van der Waals surface area contributed by atoms with Crippen LogP contribution in [0.1, 0.15) is 24.1 Å². The van der Waals surface area contributed by atoms with Crippen LogP contribution in [0, 0.1) is 5.92 Å². The van der Waals surface area contributed by atoms with Gasteiger partial charge in [-0.3, -0.25) is 0 Å². The highest BCUT2D eigenvalue weighted by Gasteiger charge is 2.41. The van der Waals surface area contributed by atoms with E-state index in [1.807, 2.05) is 12.1 Å². The molecule has 2 heterocycles. The average molecular weight is 345 g/mol. The van der Waals surface area contributed by atoms with Crippen LogP contribution in [0.3, 0.4) is 0 Å². The van der Waals surface area contributed by atoms with Crippen molar-refractivity contribution in [2.24, 2.45) is 5.92 Å². The molecule has 1 aromatic heterocycles. The molecule has 2 amide bonds. The predicted molar refractivity (Wildman–Crippen MR) is 78.3 cm³/mol. The van der Waals surface area contributed by atoms with Gasteiger partial charge in [-0.05, 0) is 53.2 Å². The molecule has 19 heavy (non-hydrogen) atoms. The molecule has 0 radical (unpaired) electrons. The quantitative estimate of drug-likeness (QED) is 0.882. The molecule has 1 aliphatic heterocycles. The normalized spacial score (nSPS) is 26.4. The molecule has 2 atom stereocenters. The first-order valence-electron chi connectivity index (χ1n) is 6.62. The van der Waals surface area contributed by atoms with E-state index >= 15 is 0 Å². The lowest BCUT2D eigenvalue weighted by Crippen LogP contribution is -2.46. The lowest BCUT2D eigenvalue weighted by molar-refractivity contribution is 0.0825. The van der Waals surface area contributed by atoms with Crippen LogP contribution in [0.5, 0.6) is 0 Å². The molecule has 1 saturated carbocycles. The summed E-state index contributed by atoms with van der Waals surface area (Å²) in [7, 11) is 0. The molecular weight excluding hydrogens is 328 g/mol. The smallest absolute Gasteiger partial charge is 0.315 e. The topological polar surface area (TPSA) is 50.4 Å². The highest BCUT2D eigenvalue weighted by atomic mass is 79.9. The lowest BCUT2D eigenvalue weighted by atomic mass is 10.1. The Morgan fingerprint density at radius 2 is 2.26 bits per heavy atom. The second kappa shape index (κ2) is 5.81. The molecule has 0 aromatic carbocycles. The number of halogens is 1. The molecule has 2 aliphatic rings. The molecule has 0 spiro atoms. The molecule has 2 N–H and O–H groups in total. The standard InChI is InChI=1S/C13H17BrN2O2S/c14-11-4-3-9(19-11)7-15-13(17)16-10-5-6-18-12(10)8-1-2-8/h3-4,8,10,12H,1-2,5-7H2,(H2,15,16,17). The molecule has 3 rings (SSSR count). The van der Waals surface area contributed by atoms with Gasteiger partial charge in [0.1, 0.15) is 0 Å². The Bertz CT molecular complexity index is 461. The van der Waals surface area contributed by atoms with Crippen LogP contribution in [-0.4, -0.2) is 24.8 Å². The largest absolute Gasteiger partial charge is 0.376 e. The van der Waals surface area contributed by atoms with Gasteiger partial charge in [0, 0.05) is 11.5 Å². The summed E-state index contributed by atoms with van der Waals surface area (Å²) in [6.07, 6.45) is 3.65. The third-order valence-corrected chi connectivity index (χ3v) is 5.21. The third kappa shape index (κ3) is 3.49. The highest BCUT2D eigenvalue weighted by Crippen LogP contribution is 2.38. The summed E-state index contributed by atoms with van der Waals surface area (Å²) in [5.74, 6) is 0.668. The summed E-state index contributed by atoms with van der Waals surface area (Å²) in [4.78, 5) is 13.0. The number of thiophene rings is 1. The molecule has 0 bridgehead atoms. The summed E-state index contributed by atoms with van der Waals surface area (Å²) >= 11 is 5.05. The maximum Gasteiger partial charge on any atom is 0.315 e. The molecule has 104 valence electrons. The fraction of sp³-hybridized carbons (Fsp3) is 0.615. The fourth-order valence-electron chi connectivity index (χ4n) is 2.49. The zero-order valence-corrected chi connectivity index (χ0v) is 12.9. The van der Waals surface area contributed by atoms with Crippen LogP contribution < -0.4 is 10.6 Å². The van der Waals surface area contributed by atoms with Crippen molar-refractivity contribution in [1.29, 1.82) is 0 Å². The molecule has 6 heteroatoms. The Hall–Kier alpha value is -0.590. The molecular formula is C13H17BrN2O2S. The minimum Gasteiger partial charge on any atom is -0.376 e. The van der Waals surface area contributed by atoms with Gasteiger partial charge in [0.2, 0.25) is 0 Å². The second-order valence-corrected chi connectivity index (χ2v) is 7.65. The van der Waals surface area contributed by atoms with Gasteiger partial charge in [-0.15, -0.1) is 11.3 Å². The van der Waals surface area contributed by atoms with Crippen molar-refractivity contribution in [1.82, 2.24) is 10.6 Å². The van der Waals surface area contributed by atoms with Crippen molar-refractivity contribution < 1.29 is 9.53 Å². The Kier molecular flexibility index (Phi) is 4.10. The number of nitrogens with one attached hydrogen (secondary N) is 2. The van der Waals surface area contributed by atoms with Gasteiger partial charge in [-0.25, -0.2) is 4.79 Å². The van der Waals surface area contributed by atoms with E-state index in [0.29, 0.717) is 12.5 Å². The monoisotopic (exact) mass is 344 g/mol. The van der Waals surface area contributed by atoms with E-state index in [-0.39, 0.29) is 18.2 Å². The SMILES string of the molecule is O=C(NCc1ccc(Br)s1)NC1CCOC1C1CC1. The van der Waals surface area contributed by atoms with Crippen molar-refractivity contribution in [3.05, 3.63) is 20.8 Å². The minimum absolute atomic E-state index is 0.0920. The predicted octanol–water partition coefficient (Wildman–Crippen LogP) is 2.88. The lowest BCUT2D eigenvalue weighted by Gasteiger charge is -2.19. The van der Waals surface area contributed by atoms with Crippen LogP contribution in [0.2, 0.25) is 0 Å². The number of carbonyl (C=O) groups excluding carboxylic acids is 1. The highest BCUT2D eigenvalue weighted by molar-refractivity contribution is 9.11. The van der Waals surface area contributed by atoms with Crippen LogP contribution in [-0.2, 0) is 11.3 Å². The van der Waals surface area contributed by atoms with Crippen molar-refractivity contribution in [3.8, 4) is 0 Å². The van der Waals surface area contributed by atoms with Crippen molar-refractivity contribution in [3.63, 3.8) is 0 Å². The van der Waals surface area contributed by atoms with Crippen LogP contribution in [0.25, 0.3) is 0 Å². The molecule has 2 unspecified atom stereocenters. The third-order valence-electron chi connectivity index (χ3n) is 3.59. The van der Waals surface area contributed by atoms with Gasteiger partial charge < -0.3 is 15.4 Å². The van der Waals surface area contributed by atoms with E-state index < -0.39 is 0 Å². The summed E-state index contributed by atoms with van der Waals surface area (Å²) in [6.45, 7) is 1.34. The number of hydrogen-bond donors (Lipinski definition) is 2. The second-order valence-electron chi connectivity index (χ2n) is 5.10. The summed E-state index contributed by atoms with van der Waals surface area (Å²) in [6, 6.07) is 4.10. The Morgan fingerprint density at radius 1 is 1.42 bits per heavy atom. The first kappa shape index (κ1) is 13.4. The number of amides is 2. The number of rotatable bonds is 4. The number of ether oxygens (including phenoxy) is 1. The zero-order chi connectivity index (χ0) is 13.2. The minimum atomic E-state index is -0.0920. The van der Waals surface area contributed by atoms with Crippen molar-refractivity contribution in [2.45, 2.75) is 38.0 Å². The Balaban J connectivity index is 1.45. The fourth-order valence-corrected chi connectivity index (χ4v) is 3.91. The van der Waals surface area contributed by atoms with Gasteiger partial charge in [0.05, 0.1) is 22.5 Å². The summed E-state index contributed by atoms with van der Waals surface area (Å²) in [5.41, 5.74) is 0. The Labute approximate surface area is 125 Å². The van der Waals surface area contributed by atoms with Crippen LogP contribution in [0.4, 0.5) is 4.79 Å². The van der Waals surface area contributed by atoms with Crippen LogP contribution >= 0.6 is 27.3 Å². The number of urea groups is 1. The van der Waals surface area contributed by atoms with Gasteiger partial charge >= 0.3 is 6.03 Å². The number of carbonyl (C=O) groups is 1. The zero-order valence-electron chi connectivity index (χ0n) is 10.5. The van der Waals surface area contributed by atoms with Crippen LogP contribution in [0.15, 0.2) is 15.9 Å². The first-order chi connectivity index (χ1) is 9.22. The summed E-state index contributed by atoms with van der Waals surface area (Å²) in [5, 5.41) is 5.95. The van der Waals surface area contributed by atoms with Gasteiger partial charge in [-0.1, -0.05) is 0 Å². The van der Waals surface area contributed by atoms with E-state index in [0.717, 1.165) is 21.7 Å². The van der Waals surface area contributed by atoms with E-state index in [9.17, 15) is 4.79 Å². The molecule has 1 saturated heterocycles. The van der Waals surface area contributed by atoms with E-state index in [1.165, 1.54) is 12.8 Å². The van der Waals surface area contributed by atoms with Gasteiger partial charge in [0.25, 0.3) is 0 Å². The van der Waals surface area contributed by atoms with Gasteiger partial charge in [-0.2, -0.15) is 0 Å². The summed E-state index contributed by atoms with van der Waals surface area (Å²) < 4.78 is 6.80. The van der Waals surface area contributed by atoms with E-state index in [2.05, 4.69) is 26.6 Å². The molecule has 1 aromatic rings. The average Bonchev–Trinajstić information content (AvgIpc) is 2.99. The van der Waals surface area contributed by atoms with E-state index in [1.54, 1.807) is 11.3 Å². The molecule has 2 fully saturated rings. The maximum atomic E-state index is 11.9.